The Bertz CT molecular complexity index is 853. The molecule has 2 N–H and O–H groups in total. The first-order valence-electron chi connectivity index (χ1n) is 12.1. The van der Waals surface area contributed by atoms with Gasteiger partial charge in [-0.05, 0) is 50.2 Å². The largest absolute Gasteiger partial charge is 0.461 e. The van der Waals surface area contributed by atoms with E-state index in [9.17, 15) is 19.5 Å². The zero-order valence-corrected chi connectivity index (χ0v) is 20.2. The van der Waals surface area contributed by atoms with Crippen LogP contribution in [0.5, 0.6) is 0 Å². The summed E-state index contributed by atoms with van der Waals surface area (Å²) >= 11 is 0. The van der Waals surface area contributed by atoms with E-state index in [-0.39, 0.29) is 43.4 Å². The summed E-state index contributed by atoms with van der Waals surface area (Å²) in [7, 11) is 0. The fourth-order valence-corrected chi connectivity index (χ4v) is 4.13. The minimum absolute atomic E-state index is 0.0218. The summed E-state index contributed by atoms with van der Waals surface area (Å²) < 4.78 is 5.36. The van der Waals surface area contributed by atoms with E-state index in [4.69, 9.17) is 4.74 Å². The van der Waals surface area contributed by atoms with Gasteiger partial charge in [0.05, 0.1) is 25.1 Å². The highest BCUT2D eigenvalue weighted by Gasteiger charge is 2.31. The van der Waals surface area contributed by atoms with E-state index >= 15 is 0 Å². The minimum atomic E-state index is -0.580. The molecular formula is C27H38N2O5. The van der Waals surface area contributed by atoms with Crippen molar-refractivity contribution in [3.05, 3.63) is 60.7 Å². The third-order valence-electron chi connectivity index (χ3n) is 6.07. The SMILES string of the molecule is C=CCCCCC(=O)O[C@@H](C)CNC(=O)[C@H](CC=C)CC(=O)N1Cc2ccccc2C[C@H]1CO. The number of nitrogens with one attached hydrogen (secondary N) is 1. The number of allylic oxidation sites excluding steroid dienone is 2. The summed E-state index contributed by atoms with van der Waals surface area (Å²) in [5.41, 5.74) is 2.20. The molecule has 0 saturated carbocycles. The Hall–Kier alpha value is -2.93. The van der Waals surface area contributed by atoms with E-state index in [0.717, 1.165) is 30.4 Å². The first-order chi connectivity index (χ1) is 16.4. The molecule has 3 atom stereocenters. The van der Waals surface area contributed by atoms with Gasteiger partial charge in [0, 0.05) is 19.4 Å². The molecule has 2 amide bonds. The van der Waals surface area contributed by atoms with Crippen molar-refractivity contribution in [1.29, 1.82) is 0 Å². The van der Waals surface area contributed by atoms with Crippen molar-refractivity contribution in [1.82, 2.24) is 10.2 Å². The van der Waals surface area contributed by atoms with E-state index in [2.05, 4.69) is 18.5 Å². The van der Waals surface area contributed by atoms with Crippen LogP contribution in [-0.2, 0) is 32.1 Å². The van der Waals surface area contributed by atoms with Gasteiger partial charge in [0.2, 0.25) is 11.8 Å². The van der Waals surface area contributed by atoms with Crippen molar-refractivity contribution in [3.63, 3.8) is 0 Å². The molecule has 1 aliphatic heterocycles. The molecule has 0 unspecified atom stereocenters. The van der Waals surface area contributed by atoms with Crippen molar-refractivity contribution in [2.75, 3.05) is 13.2 Å². The second-order valence-corrected chi connectivity index (χ2v) is 8.84. The van der Waals surface area contributed by atoms with Gasteiger partial charge in [-0.3, -0.25) is 14.4 Å². The molecule has 0 fully saturated rings. The zero-order chi connectivity index (χ0) is 24.9. The molecule has 2 rings (SSSR count). The summed E-state index contributed by atoms with van der Waals surface area (Å²) in [6, 6.07) is 7.59. The van der Waals surface area contributed by atoms with Crippen LogP contribution in [0.3, 0.4) is 0 Å². The number of fused-ring (bicyclic) bond motifs is 1. The molecule has 7 heteroatoms. The highest BCUT2D eigenvalue weighted by atomic mass is 16.5. The Morgan fingerprint density at radius 2 is 1.94 bits per heavy atom. The predicted octanol–water partition coefficient (Wildman–Crippen LogP) is 3.31. The van der Waals surface area contributed by atoms with Crippen LogP contribution in [0.15, 0.2) is 49.6 Å². The van der Waals surface area contributed by atoms with Crippen LogP contribution >= 0.6 is 0 Å². The maximum absolute atomic E-state index is 13.1. The molecule has 7 nitrogen and oxygen atoms in total. The number of unbranched alkanes of at least 4 members (excludes halogenated alkanes) is 2. The van der Waals surface area contributed by atoms with E-state index in [1.165, 1.54) is 0 Å². The van der Waals surface area contributed by atoms with Crippen LogP contribution in [0.1, 0.15) is 56.6 Å². The summed E-state index contributed by atoms with van der Waals surface area (Å²) in [6.45, 7) is 9.57. The number of hydrogen-bond acceptors (Lipinski definition) is 5. The summed E-state index contributed by atoms with van der Waals surface area (Å²) in [5, 5.41) is 12.6. The number of carbonyl (C=O) groups is 3. The maximum atomic E-state index is 13.1. The molecule has 1 heterocycles. The first kappa shape index (κ1) is 27.3. The average molecular weight is 471 g/mol. The minimum Gasteiger partial charge on any atom is -0.461 e. The van der Waals surface area contributed by atoms with Gasteiger partial charge in [-0.1, -0.05) is 36.4 Å². The fourth-order valence-electron chi connectivity index (χ4n) is 4.13. The van der Waals surface area contributed by atoms with E-state index < -0.39 is 12.0 Å². The Labute approximate surface area is 202 Å². The molecule has 0 saturated heterocycles. The molecule has 0 radical (unpaired) electrons. The monoisotopic (exact) mass is 470 g/mol. The van der Waals surface area contributed by atoms with Crippen molar-refractivity contribution in [2.45, 2.75) is 70.6 Å². The molecule has 34 heavy (non-hydrogen) atoms. The number of ether oxygens (including phenoxy) is 1. The van der Waals surface area contributed by atoms with Gasteiger partial charge in [0.15, 0.2) is 0 Å². The van der Waals surface area contributed by atoms with E-state index in [1.807, 2.05) is 30.3 Å². The summed E-state index contributed by atoms with van der Waals surface area (Å²) in [5.74, 6) is -1.32. The summed E-state index contributed by atoms with van der Waals surface area (Å²) in [4.78, 5) is 39.5. The lowest BCUT2D eigenvalue weighted by atomic mass is 9.92. The van der Waals surface area contributed by atoms with E-state index in [1.54, 1.807) is 17.9 Å². The smallest absolute Gasteiger partial charge is 0.306 e. The van der Waals surface area contributed by atoms with Gasteiger partial charge in [-0.15, -0.1) is 13.2 Å². The highest BCUT2D eigenvalue weighted by molar-refractivity contribution is 5.86. The zero-order valence-electron chi connectivity index (χ0n) is 20.2. The van der Waals surface area contributed by atoms with Crippen LogP contribution in [0.25, 0.3) is 0 Å². The van der Waals surface area contributed by atoms with Crippen LogP contribution in [0, 0.1) is 5.92 Å². The van der Waals surface area contributed by atoms with Crippen LogP contribution in [0.2, 0.25) is 0 Å². The molecule has 186 valence electrons. The average Bonchev–Trinajstić information content (AvgIpc) is 2.83. The lowest BCUT2D eigenvalue weighted by molar-refractivity contribution is -0.148. The molecule has 1 aromatic rings. The van der Waals surface area contributed by atoms with Crippen molar-refractivity contribution in [2.24, 2.45) is 5.92 Å². The number of benzene rings is 1. The quantitative estimate of drug-likeness (QED) is 0.247. The van der Waals surface area contributed by atoms with Crippen LogP contribution in [-0.4, -0.2) is 53.1 Å². The van der Waals surface area contributed by atoms with Gasteiger partial charge in [0.25, 0.3) is 0 Å². The number of hydrogen-bond donors (Lipinski definition) is 2. The highest BCUT2D eigenvalue weighted by Crippen LogP contribution is 2.25. The van der Waals surface area contributed by atoms with Crippen LogP contribution in [0.4, 0.5) is 0 Å². The normalized spacial score (nSPS) is 16.6. The predicted molar refractivity (Wildman–Crippen MR) is 132 cm³/mol. The van der Waals surface area contributed by atoms with Gasteiger partial charge in [-0.25, -0.2) is 0 Å². The number of carbonyl (C=O) groups excluding carboxylic acids is 3. The molecule has 0 aromatic heterocycles. The van der Waals surface area contributed by atoms with Crippen molar-refractivity contribution in [3.8, 4) is 0 Å². The van der Waals surface area contributed by atoms with Crippen LogP contribution < -0.4 is 5.32 Å². The Morgan fingerprint density at radius 3 is 2.62 bits per heavy atom. The maximum Gasteiger partial charge on any atom is 0.306 e. The fraction of sp³-hybridized carbons (Fsp3) is 0.519. The number of aliphatic hydroxyl groups excluding tert-OH is 1. The lowest BCUT2D eigenvalue weighted by Crippen LogP contribution is -2.47. The molecule has 0 bridgehead atoms. The number of esters is 1. The van der Waals surface area contributed by atoms with Gasteiger partial charge in [-0.2, -0.15) is 0 Å². The number of rotatable bonds is 14. The summed E-state index contributed by atoms with van der Waals surface area (Å²) in [6.07, 6.45) is 6.78. The van der Waals surface area contributed by atoms with Gasteiger partial charge in [0.1, 0.15) is 6.10 Å². The number of amides is 2. The third-order valence-corrected chi connectivity index (χ3v) is 6.07. The first-order valence-corrected chi connectivity index (χ1v) is 12.1. The second kappa shape index (κ2) is 14.4. The van der Waals surface area contributed by atoms with E-state index in [0.29, 0.717) is 25.8 Å². The Balaban J connectivity index is 1.88. The molecule has 1 aromatic carbocycles. The Kier molecular flexibility index (Phi) is 11.5. The topological polar surface area (TPSA) is 95.9 Å². The molecule has 1 aliphatic rings. The Morgan fingerprint density at radius 1 is 1.21 bits per heavy atom. The third kappa shape index (κ3) is 8.45. The molecular weight excluding hydrogens is 432 g/mol. The van der Waals surface area contributed by atoms with Gasteiger partial charge < -0.3 is 20.1 Å². The van der Waals surface area contributed by atoms with Crippen molar-refractivity contribution >= 4 is 17.8 Å². The molecule has 0 spiro atoms. The number of nitrogens with zero attached hydrogens (tertiary/aromatic N) is 1. The number of aliphatic hydroxyl groups is 1. The second-order valence-electron chi connectivity index (χ2n) is 8.84. The standard InChI is InChI=1S/C27H38N2O5/c1-4-6-7-8-14-26(32)34-20(3)17-28-27(33)22(11-5-2)16-25(31)29-18-23-13-10-9-12-21(23)15-24(29)19-30/h4-5,9-10,12-13,20,22,24,30H,1-2,6-8,11,14-19H2,3H3,(H,28,33)/t20-,22+,24-/m0/s1. The van der Waals surface area contributed by atoms with Gasteiger partial charge >= 0.3 is 5.97 Å². The molecule has 0 aliphatic carbocycles. The lowest BCUT2D eigenvalue weighted by Gasteiger charge is -2.36. The van der Waals surface area contributed by atoms with Crippen molar-refractivity contribution < 1.29 is 24.2 Å².